The predicted molar refractivity (Wildman–Crippen MR) is 95.4 cm³/mol. The van der Waals surface area contributed by atoms with Gasteiger partial charge < -0.3 is 9.64 Å². The molecule has 5 nitrogen and oxygen atoms in total. The number of thioether (sulfide) groups is 1. The summed E-state index contributed by atoms with van der Waals surface area (Å²) in [7, 11) is 0. The Kier molecular flexibility index (Phi) is 5.35. The summed E-state index contributed by atoms with van der Waals surface area (Å²) >= 11 is 1.41. The molecule has 0 saturated carbocycles. The van der Waals surface area contributed by atoms with Crippen molar-refractivity contribution < 1.29 is 14.3 Å². The highest BCUT2D eigenvalue weighted by molar-refractivity contribution is 8.18. The highest BCUT2D eigenvalue weighted by atomic mass is 32.2. The number of aliphatic imine (C=N–C) groups is 1. The standard InChI is InChI=1S/C18H20N2O3S/c1-2-23-17(22)14-8-10-20(11-9-14)18-19-16(21)15(24-18)12-13-6-4-3-5-7-13/h3-7,12,14H,2,8-11H2,1H3/b15-12+. The zero-order valence-electron chi connectivity index (χ0n) is 13.6. The summed E-state index contributed by atoms with van der Waals surface area (Å²) in [6.45, 7) is 3.69. The minimum Gasteiger partial charge on any atom is -0.466 e. The number of nitrogens with zero attached hydrogens (tertiary/aromatic N) is 2. The number of ether oxygens (including phenoxy) is 1. The Labute approximate surface area is 145 Å². The summed E-state index contributed by atoms with van der Waals surface area (Å²) in [6, 6.07) is 9.76. The number of amidine groups is 1. The lowest BCUT2D eigenvalue weighted by Gasteiger charge is -2.31. The van der Waals surface area contributed by atoms with Crippen molar-refractivity contribution in [3.05, 3.63) is 40.8 Å². The first-order valence-corrected chi connectivity index (χ1v) is 8.98. The van der Waals surface area contributed by atoms with E-state index < -0.39 is 0 Å². The van der Waals surface area contributed by atoms with E-state index in [0.29, 0.717) is 11.5 Å². The Morgan fingerprint density at radius 3 is 2.71 bits per heavy atom. The summed E-state index contributed by atoms with van der Waals surface area (Å²) in [5.74, 6) is -0.339. The minimum atomic E-state index is -0.189. The first-order valence-electron chi connectivity index (χ1n) is 8.16. The summed E-state index contributed by atoms with van der Waals surface area (Å²) < 4.78 is 5.09. The number of carbonyl (C=O) groups is 2. The topological polar surface area (TPSA) is 59.0 Å². The summed E-state index contributed by atoms with van der Waals surface area (Å²) in [6.07, 6.45) is 3.35. The van der Waals surface area contributed by atoms with E-state index in [0.717, 1.165) is 36.7 Å². The molecule has 1 aromatic rings. The van der Waals surface area contributed by atoms with E-state index in [1.54, 1.807) is 0 Å². The Hall–Kier alpha value is -2.08. The van der Waals surface area contributed by atoms with E-state index in [-0.39, 0.29) is 17.8 Å². The molecule has 3 rings (SSSR count). The third-order valence-corrected chi connectivity index (χ3v) is 5.14. The second-order valence-electron chi connectivity index (χ2n) is 5.73. The van der Waals surface area contributed by atoms with Crippen LogP contribution in [0.25, 0.3) is 6.08 Å². The van der Waals surface area contributed by atoms with Crippen LogP contribution in [0.5, 0.6) is 0 Å². The van der Waals surface area contributed by atoms with Crippen LogP contribution >= 0.6 is 11.8 Å². The number of benzene rings is 1. The highest BCUT2D eigenvalue weighted by Crippen LogP contribution is 2.32. The lowest BCUT2D eigenvalue weighted by atomic mass is 9.97. The second kappa shape index (κ2) is 7.66. The number of esters is 1. The molecule has 2 aliphatic rings. The van der Waals surface area contributed by atoms with Gasteiger partial charge >= 0.3 is 5.97 Å². The van der Waals surface area contributed by atoms with Crippen molar-refractivity contribution in [2.24, 2.45) is 10.9 Å². The van der Waals surface area contributed by atoms with Crippen LogP contribution in [0.3, 0.4) is 0 Å². The van der Waals surface area contributed by atoms with Gasteiger partial charge in [0.15, 0.2) is 5.17 Å². The lowest BCUT2D eigenvalue weighted by molar-refractivity contribution is -0.149. The van der Waals surface area contributed by atoms with Gasteiger partial charge in [-0.1, -0.05) is 30.3 Å². The molecule has 0 spiro atoms. The normalized spacial score (nSPS) is 20.4. The van der Waals surface area contributed by atoms with Gasteiger partial charge in [0, 0.05) is 13.1 Å². The molecule has 6 heteroatoms. The molecule has 0 aromatic heterocycles. The van der Waals surface area contributed by atoms with Crippen molar-refractivity contribution in [2.45, 2.75) is 19.8 Å². The SMILES string of the molecule is CCOC(=O)C1CCN(C2=NC(=O)/C(=C\c3ccccc3)S2)CC1. The number of carbonyl (C=O) groups excluding carboxylic acids is 2. The molecule has 0 atom stereocenters. The number of rotatable bonds is 3. The molecule has 0 bridgehead atoms. The fraction of sp³-hybridized carbons (Fsp3) is 0.389. The van der Waals surface area contributed by atoms with Crippen LogP contribution in [0.15, 0.2) is 40.2 Å². The highest BCUT2D eigenvalue weighted by Gasteiger charge is 2.31. The van der Waals surface area contributed by atoms with Crippen LogP contribution < -0.4 is 0 Å². The van der Waals surface area contributed by atoms with Gasteiger partial charge in [0.1, 0.15) is 0 Å². The largest absolute Gasteiger partial charge is 0.466 e. The molecule has 24 heavy (non-hydrogen) atoms. The first-order chi connectivity index (χ1) is 11.7. The zero-order chi connectivity index (χ0) is 16.9. The fourth-order valence-corrected chi connectivity index (χ4v) is 3.77. The van der Waals surface area contributed by atoms with Crippen molar-refractivity contribution >= 4 is 34.9 Å². The van der Waals surface area contributed by atoms with Crippen LogP contribution in [0.2, 0.25) is 0 Å². The molecule has 1 fully saturated rings. The van der Waals surface area contributed by atoms with Gasteiger partial charge in [-0.3, -0.25) is 9.59 Å². The van der Waals surface area contributed by atoms with Crippen LogP contribution in [0.1, 0.15) is 25.3 Å². The lowest BCUT2D eigenvalue weighted by Crippen LogP contribution is -2.39. The van der Waals surface area contributed by atoms with Crippen molar-refractivity contribution in [2.75, 3.05) is 19.7 Å². The molecule has 0 radical (unpaired) electrons. The van der Waals surface area contributed by atoms with Crippen molar-refractivity contribution in [1.29, 1.82) is 0 Å². The van der Waals surface area contributed by atoms with Gasteiger partial charge in [-0.25, -0.2) is 0 Å². The number of hydrogen-bond donors (Lipinski definition) is 0. The minimum absolute atomic E-state index is 0.0387. The average Bonchev–Trinajstić information content (AvgIpc) is 2.97. The van der Waals surface area contributed by atoms with E-state index in [9.17, 15) is 9.59 Å². The van der Waals surface area contributed by atoms with E-state index in [1.165, 1.54) is 11.8 Å². The number of piperidine rings is 1. The maximum atomic E-state index is 12.1. The average molecular weight is 344 g/mol. The predicted octanol–water partition coefficient (Wildman–Crippen LogP) is 2.93. The second-order valence-corrected chi connectivity index (χ2v) is 6.74. The van der Waals surface area contributed by atoms with Gasteiger partial charge in [-0.15, -0.1) is 0 Å². The van der Waals surface area contributed by atoms with E-state index >= 15 is 0 Å². The van der Waals surface area contributed by atoms with Crippen LogP contribution in [0, 0.1) is 5.92 Å². The molecule has 1 aromatic carbocycles. The molecule has 1 saturated heterocycles. The van der Waals surface area contributed by atoms with Gasteiger partial charge in [-0.2, -0.15) is 4.99 Å². The van der Waals surface area contributed by atoms with Gasteiger partial charge in [0.2, 0.25) is 0 Å². The maximum Gasteiger partial charge on any atom is 0.309 e. The van der Waals surface area contributed by atoms with Crippen molar-refractivity contribution in [3.8, 4) is 0 Å². The fourth-order valence-electron chi connectivity index (χ4n) is 2.80. The van der Waals surface area contributed by atoms with Gasteiger partial charge in [0.25, 0.3) is 5.91 Å². The number of hydrogen-bond acceptors (Lipinski definition) is 5. The Morgan fingerprint density at radius 2 is 2.04 bits per heavy atom. The Bertz CT molecular complexity index is 677. The smallest absolute Gasteiger partial charge is 0.309 e. The molecule has 0 N–H and O–H groups in total. The van der Waals surface area contributed by atoms with Crippen LogP contribution in [-0.4, -0.2) is 41.6 Å². The molecule has 1 amide bonds. The van der Waals surface area contributed by atoms with Crippen molar-refractivity contribution in [1.82, 2.24) is 4.90 Å². The number of amides is 1. The zero-order valence-corrected chi connectivity index (χ0v) is 14.4. The Morgan fingerprint density at radius 1 is 1.33 bits per heavy atom. The molecule has 126 valence electrons. The number of likely N-dealkylation sites (tertiary alicyclic amines) is 1. The third-order valence-electron chi connectivity index (χ3n) is 4.09. The van der Waals surface area contributed by atoms with Crippen molar-refractivity contribution in [3.63, 3.8) is 0 Å². The molecular weight excluding hydrogens is 324 g/mol. The monoisotopic (exact) mass is 344 g/mol. The molecule has 0 unspecified atom stereocenters. The third kappa shape index (κ3) is 3.87. The van der Waals surface area contributed by atoms with E-state index in [1.807, 2.05) is 43.3 Å². The summed E-state index contributed by atoms with van der Waals surface area (Å²) in [4.78, 5) is 30.8. The molecule has 0 aliphatic carbocycles. The molecule has 2 heterocycles. The van der Waals surface area contributed by atoms with E-state index in [2.05, 4.69) is 9.89 Å². The van der Waals surface area contributed by atoms with E-state index in [4.69, 9.17) is 4.74 Å². The maximum absolute atomic E-state index is 12.1. The molecular formula is C18H20N2O3S. The quantitative estimate of drug-likeness (QED) is 0.623. The van der Waals surface area contributed by atoms with Crippen LogP contribution in [-0.2, 0) is 14.3 Å². The Balaban J connectivity index is 1.60. The first kappa shape index (κ1) is 16.8. The summed E-state index contributed by atoms with van der Waals surface area (Å²) in [5, 5.41) is 0.740. The molecule has 2 aliphatic heterocycles. The van der Waals surface area contributed by atoms with Crippen LogP contribution in [0.4, 0.5) is 0 Å². The van der Waals surface area contributed by atoms with Gasteiger partial charge in [0.05, 0.1) is 17.4 Å². The summed E-state index contributed by atoms with van der Waals surface area (Å²) in [5.41, 5.74) is 0.991. The van der Waals surface area contributed by atoms with Gasteiger partial charge in [-0.05, 0) is 43.2 Å².